The Bertz CT molecular complexity index is 191. The first-order valence-electron chi connectivity index (χ1n) is 4.14. The van der Waals surface area contributed by atoms with Crippen molar-refractivity contribution in [2.75, 3.05) is 13.2 Å². The summed E-state index contributed by atoms with van der Waals surface area (Å²) >= 11 is 0. The normalized spacial score (nSPS) is 25.2. The molecule has 0 radical (unpaired) electrons. The van der Waals surface area contributed by atoms with E-state index < -0.39 is 5.54 Å². The summed E-state index contributed by atoms with van der Waals surface area (Å²) in [4.78, 5) is 13.0. The van der Waals surface area contributed by atoms with Crippen molar-refractivity contribution in [3.05, 3.63) is 0 Å². The second-order valence-corrected chi connectivity index (χ2v) is 3.94. The lowest BCUT2D eigenvalue weighted by molar-refractivity contribution is -0.133. The summed E-state index contributed by atoms with van der Waals surface area (Å²) in [5, 5.41) is 9.02. The van der Waals surface area contributed by atoms with Gasteiger partial charge in [-0.3, -0.25) is 4.79 Å². The zero-order chi connectivity index (χ0) is 9.35. The van der Waals surface area contributed by atoms with Gasteiger partial charge in [0.25, 0.3) is 0 Å². The lowest BCUT2D eigenvalue weighted by Crippen LogP contribution is -2.48. The van der Waals surface area contributed by atoms with Crippen LogP contribution in [0.5, 0.6) is 0 Å². The van der Waals surface area contributed by atoms with Crippen LogP contribution in [0.1, 0.15) is 20.3 Å². The van der Waals surface area contributed by atoms with Gasteiger partial charge in [0.2, 0.25) is 5.91 Å². The molecule has 0 saturated carbocycles. The Labute approximate surface area is 72.3 Å². The van der Waals surface area contributed by atoms with Crippen molar-refractivity contribution in [2.24, 2.45) is 5.73 Å². The fourth-order valence-corrected chi connectivity index (χ4v) is 1.41. The summed E-state index contributed by atoms with van der Waals surface area (Å²) in [6.07, 6.45) is 0.406. The van der Waals surface area contributed by atoms with Gasteiger partial charge in [-0.25, -0.2) is 0 Å². The largest absolute Gasteiger partial charge is 0.394 e. The first-order chi connectivity index (χ1) is 5.47. The average Bonchev–Trinajstić information content (AvgIpc) is 2.31. The molecule has 1 heterocycles. The molecule has 1 aliphatic rings. The second kappa shape index (κ2) is 3.03. The molecular formula is C8H16N2O2. The van der Waals surface area contributed by atoms with Gasteiger partial charge in [0.1, 0.15) is 0 Å². The zero-order valence-electron chi connectivity index (χ0n) is 7.58. The fourth-order valence-electron chi connectivity index (χ4n) is 1.41. The number of aliphatic hydroxyl groups is 1. The molecule has 1 fully saturated rings. The molecule has 1 aliphatic heterocycles. The number of carbonyl (C=O) groups is 1. The molecule has 12 heavy (non-hydrogen) atoms. The predicted molar refractivity (Wildman–Crippen MR) is 45.5 cm³/mol. The Morgan fingerprint density at radius 1 is 1.75 bits per heavy atom. The molecular weight excluding hydrogens is 156 g/mol. The summed E-state index contributed by atoms with van der Waals surface area (Å²) < 4.78 is 0. The first kappa shape index (κ1) is 9.48. The number of aliphatic hydroxyl groups excluding tert-OH is 1. The minimum atomic E-state index is -0.467. The van der Waals surface area contributed by atoms with Crippen LogP contribution in [0.15, 0.2) is 0 Å². The SMILES string of the molecule is CC(C)(CO)N1CC(N)CC1=O. The highest BCUT2D eigenvalue weighted by Crippen LogP contribution is 2.20. The molecule has 0 spiro atoms. The van der Waals surface area contributed by atoms with E-state index in [2.05, 4.69) is 0 Å². The number of rotatable bonds is 2. The van der Waals surface area contributed by atoms with Gasteiger partial charge in [0.05, 0.1) is 12.1 Å². The molecule has 1 atom stereocenters. The lowest BCUT2D eigenvalue weighted by atomic mass is 10.1. The molecule has 0 aliphatic carbocycles. The Morgan fingerprint density at radius 3 is 2.67 bits per heavy atom. The van der Waals surface area contributed by atoms with Gasteiger partial charge in [-0.2, -0.15) is 0 Å². The molecule has 1 unspecified atom stereocenters. The summed E-state index contributed by atoms with van der Waals surface area (Å²) in [6, 6.07) is -0.0664. The van der Waals surface area contributed by atoms with Crippen LogP contribution < -0.4 is 5.73 Å². The second-order valence-electron chi connectivity index (χ2n) is 3.94. The number of hydrogen-bond acceptors (Lipinski definition) is 3. The number of nitrogens with zero attached hydrogens (tertiary/aromatic N) is 1. The van der Waals surface area contributed by atoms with Gasteiger partial charge >= 0.3 is 0 Å². The Kier molecular flexibility index (Phi) is 2.39. The van der Waals surface area contributed by atoms with E-state index in [1.165, 1.54) is 0 Å². The van der Waals surface area contributed by atoms with E-state index in [1.54, 1.807) is 4.90 Å². The first-order valence-corrected chi connectivity index (χ1v) is 4.14. The maximum Gasteiger partial charge on any atom is 0.224 e. The van der Waals surface area contributed by atoms with Crippen LogP contribution in [0, 0.1) is 0 Å². The quantitative estimate of drug-likeness (QED) is 0.580. The summed E-state index contributed by atoms with van der Waals surface area (Å²) in [6.45, 7) is 4.21. The van der Waals surface area contributed by atoms with Crippen molar-refractivity contribution < 1.29 is 9.90 Å². The third-order valence-corrected chi connectivity index (χ3v) is 2.27. The molecule has 70 valence electrons. The molecule has 0 aromatic rings. The van der Waals surface area contributed by atoms with Gasteiger partial charge in [0.15, 0.2) is 0 Å². The topological polar surface area (TPSA) is 66.6 Å². The van der Waals surface area contributed by atoms with E-state index in [1.807, 2.05) is 13.8 Å². The van der Waals surface area contributed by atoms with Crippen LogP contribution >= 0.6 is 0 Å². The summed E-state index contributed by atoms with van der Waals surface area (Å²) in [7, 11) is 0. The van der Waals surface area contributed by atoms with Crippen molar-refractivity contribution in [2.45, 2.75) is 31.8 Å². The Hall–Kier alpha value is -0.610. The third kappa shape index (κ3) is 1.59. The fraction of sp³-hybridized carbons (Fsp3) is 0.875. The number of nitrogens with two attached hydrogens (primary N) is 1. The lowest BCUT2D eigenvalue weighted by Gasteiger charge is -2.33. The molecule has 0 bridgehead atoms. The van der Waals surface area contributed by atoms with Crippen LogP contribution in [0.3, 0.4) is 0 Å². The van der Waals surface area contributed by atoms with Gasteiger partial charge < -0.3 is 15.7 Å². The highest BCUT2D eigenvalue weighted by atomic mass is 16.3. The smallest absolute Gasteiger partial charge is 0.224 e. The molecule has 3 N–H and O–H groups in total. The van der Waals surface area contributed by atoms with Crippen LogP contribution in [0.25, 0.3) is 0 Å². The number of likely N-dealkylation sites (tertiary alicyclic amines) is 1. The Balaban J connectivity index is 2.70. The minimum absolute atomic E-state index is 0.0224. The van der Waals surface area contributed by atoms with Crippen molar-refractivity contribution in [1.29, 1.82) is 0 Å². The van der Waals surface area contributed by atoms with E-state index in [-0.39, 0.29) is 18.6 Å². The van der Waals surface area contributed by atoms with Crippen LogP contribution in [-0.4, -0.2) is 40.6 Å². The van der Waals surface area contributed by atoms with Gasteiger partial charge in [-0.05, 0) is 13.8 Å². The van der Waals surface area contributed by atoms with Gasteiger partial charge in [-0.15, -0.1) is 0 Å². The van der Waals surface area contributed by atoms with Crippen molar-refractivity contribution in [1.82, 2.24) is 4.90 Å². The van der Waals surface area contributed by atoms with E-state index in [0.29, 0.717) is 13.0 Å². The van der Waals surface area contributed by atoms with Crippen molar-refractivity contribution in [3.8, 4) is 0 Å². The molecule has 4 heteroatoms. The zero-order valence-corrected chi connectivity index (χ0v) is 7.58. The summed E-state index contributed by atoms with van der Waals surface area (Å²) in [5.74, 6) is 0.0431. The number of amides is 1. The molecule has 0 aromatic heterocycles. The molecule has 1 rings (SSSR count). The van der Waals surface area contributed by atoms with Crippen molar-refractivity contribution >= 4 is 5.91 Å². The average molecular weight is 172 g/mol. The Morgan fingerprint density at radius 2 is 2.33 bits per heavy atom. The third-order valence-electron chi connectivity index (χ3n) is 2.27. The number of carbonyl (C=O) groups excluding carboxylic acids is 1. The number of hydrogen-bond donors (Lipinski definition) is 2. The van der Waals surface area contributed by atoms with Crippen LogP contribution in [0.4, 0.5) is 0 Å². The maximum atomic E-state index is 11.3. The van der Waals surface area contributed by atoms with Crippen LogP contribution in [0.2, 0.25) is 0 Å². The highest BCUT2D eigenvalue weighted by Gasteiger charge is 2.36. The van der Waals surface area contributed by atoms with E-state index >= 15 is 0 Å². The minimum Gasteiger partial charge on any atom is -0.394 e. The molecule has 4 nitrogen and oxygen atoms in total. The van der Waals surface area contributed by atoms with Crippen molar-refractivity contribution in [3.63, 3.8) is 0 Å². The molecule has 1 amide bonds. The standard InChI is InChI=1S/C8H16N2O2/c1-8(2,5-11)10-4-6(9)3-7(10)12/h6,11H,3-5,9H2,1-2H3. The van der Waals surface area contributed by atoms with Gasteiger partial charge in [-0.1, -0.05) is 0 Å². The predicted octanol–water partition coefficient (Wildman–Crippen LogP) is -0.683. The monoisotopic (exact) mass is 172 g/mol. The van der Waals surface area contributed by atoms with E-state index in [4.69, 9.17) is 10.8 Å². The molecule has 0 aromatic carbocycles. The highest BCUT2D eigenvalue weighted by molar-refractivity contribution is 5.80. The maximum absolute atomic E-state index is 11.3. The molecule has 1 saturated heterocycles. The van der Waals surface area contributed by atoms with Crippen LogP contribution in [-0.2, 0) is 4.79 Å². The van der Waals surface area contributed by atoms with E-state index in [9.17, 15) is 4.79 Å². The summed E-state index contributed by atoms with van der Waals surface area (Å²) in [5.41, 5.74) is 5.16. The van der Waals surface area contributed by atoms with E-state index in [0.717, 1.165) is 0 Å². The van der Waals surface area contributed by atoms with Gasteiger partial charge in [0, 0.05) is 19.0 Å².